The molecule has 2 rings (SSSR count). The molecule has 0 aromatic carbocycles. The quantitative estimate of drug-likeness (QED) is 0.597. The second-order valence-electron chi connectivity index (χ2n) is 3.89. The summed E-state index contributed by atoms with van der Waals surface area (Å²) in [4.78, 5) is 0. The lowest BCUT2D eigenvalue weighted by molar-refractivity contribution is 0.502. The molecule has 3 N–H and O–H groups in total. The minimum absolute atomic E-state index is 0.0452. The van der Waals surface area contributed by atoms with Crippen LogP contribution in [0.25, 0.3) is 0 Å². The van der Waals surface area contributed by atoms with Crippen LogP contribution >= 0.6 is 0 Å². The molecule has 0 saturated heterocycles. The summed E-state index contributed by atoms with van der Waals surface area (Å²) in [6.45, 7) is 1.97. The molecule has 0 spiro atoms. The highest BCUT2D eigenvalue weighted by atomic mass is 16.3. The Bertz CT molecular complexity index is 447. The zero-order valence-corrected chi connectivity index (χ0v) is 9.47. The smallest absolute Gasteiger partial charge is 0.0935 e. The van der Waals surface area contributed by atoms with Gasteiger partial charge in [-0.25, -0.2) is 0 Å². The second-order valence-corrected chi connectivity index (χ2v) is 3.89. The van der Waals surface area contributed by atoms with Crippen LogP contribution in [0.2, 0.25) is 0 Å². The van der Waals surface area contributed by atoms with Crippen LogP contribution < -0.4 is 11.3 Å². The highest BCUT2D eigenvalue weighted by molar-refractivity contribution is 5.17. The maximum absolute atomic E-state index is 5.58. The molecule has 0 bridgehead atoms. The van der Waals surface area contributed by atoms with Gasteiger partial charge in [-0.05, 0) is 31.0 Å². The minimum atomic E-state index is 0.0452. The maximum atomic E-state index is 5.58. The molecule has 2 aromatic rings. The number of aryl methyl sites for hydroxylation is 2. The third kappa shape index (κ3) is 2.15. The van der Waals surface area contributed by atoms with Crippen molar-refractivity contribution in [2.75, 3.05) is 0 Å². The van der Waals surface area contributed by atoms with E-state index in [4.69, 9.17) is 10.3 Å². The molecule has 2 heterocycles. The molecular formula is C11H16N4O. The summed E-state index contributed by atoms with van der Waals surface area (Å²) in [5, 5.41) is 4.31. The first-order valence-corrected chi connectivity index (χ1v) is 5.18. The number of nitrogens with two attached hydrogens (primary N) is 1. The van der Waals surface area contributed by atoms with Gasteiger partial charge in [0.05, 0.1) is 30.0 Å². The van der Waals surface area contributed by atoms with Gasteiger partial charge in [-0.15, -0.1) is 0 Å². The van der Waals surface area contributed by atoms with E-state index in [1.165, 1.54) is 0 Å². The predicted molar refractivity (Wildman–Crippen MR) is 60.4 cm³/mol. The van der Waals surface area contributed by atoms with Crippen LogP contribution in [-0.4, -0.2) is 9.78 Å². The molecule has 0 aliphatic heterocycles. The molecule has 0 radical (unpaired) electrons. The lowest BCUT2D eigenvalue weighted by Gasteiger charge is -2.14. The molecule has 1 unspecified atom stereocenters. The first-order valence-electron chi connectivity index (χ1n) is 5.18. The summed E-state index contributed by atoms with van der Waals surface area (Å²) in [6.07, 6.45) is 4.18. The van der Waals surface area contributed by atoms with Crippen molar-refractivity contribution in [3.05, 3.63) is 41.6 Å². The van der Waals surface area contributed by atoms with Crippen LogP contribution in [0.3, 0.4) is 0 Å². The zero-order chi connectivity index (χ0) is 11.5. The van der Waals surface area contributed by atoms with Crippen molar-refractivity contribution < 1.29 is 4.42 Å². The fraction of sp³-hybridized carbons (Fsp3) is 0.364. The minimum Gasteiger partial charge on any atom is -0.472 e. The van der Waals surface area contributed by atoms with Crippen LogP contribution in [0, 0.1) is 6.92 Å². The molecular weight excluding hydrogens is 204 g/mol. The Kier molecular flexibility index (Phi) is 3.07. The molecule has 2 aromatic heterocycles. The van der Waals surface area contributed by atoms with Crippen LogP contribution in [-0.2, 0) is 13.5 Å². The predicted octanol–water partition coefficient (Wildman–Crippen LogP) is 1.07. The number of hydrogen-bond donors (Lipinski definition) is 2. The highest BCUT2D eigenvalue weighted by Gasteiger charge is 2.15. The fourth-order valence-corrected chi connectivity index (χ4v) is 1.85. The van der Waals surface area contributed by atoms with Crippen LogP contribution in [0.5, 0.6) is 0 Å². The van der Waals surface area contributed by atoms with Gasteiger partial charge < -0.3 is 4.42 Å². The molecule has 16 heavy (non-hydrogen) atoms. The first-order chi connectivity index (χ1) is 7.70. The van der Waals surface area contributed by atoms with Crippen LogP contribution in [0.4, 0.5) is 0 Å². The van der Waals surface area contributed by atoms with Gasteiger partial charge in [-0.3, -0.25) is 16.0 Å². The summed E-state index contributed by atoms with van der Waals surface area (Å²) < 4.78 is 6.89. The number of furan rings is 1. The second kappa shape index (κ2) is 4.51. The lowest BCUT2D eigenvalue weighted by atomic mass is 10.1. The SMILES string of the molecule is Cc1cc(C(Cc2ccoc2)NN)n(C)n1. The number of aromatic nitrogens is 2. The molecule has 0 fully saturated rings. The number of hydrogen-bond acceptors (Lipinski definition) is 4. The summed E-state index contributed by atoms with van der Waals surface area (Å²) in [7, 11) is 1.92. The van der Waals surface area contributed by atoms with Gasteiger partial charge in [0, 0.05) is 7.05 Å². The van der Waals surface area contributed by atoms with Gasteiger partial charge in [0.15, 0.2) is 0 Å². The summed E-state index contributed by atoms with van der Waals surface area (Å²) in [5.74, 6) is 5.58. The molecule has 5 nitrogen and oxygen atoms in total. The molecule has 5 heteroatoms. The topological polar surface area (TPSA) is 69.0 Å². The Hall–Kier alpha value is -1.59. The van der Waals surface area contributed by atoms with E-state index < -0.39 is 0 Å². The normalized spacial score (nSPS) is 12.9. The van der Waals surface area contributed by atoms with E-state index in [1.807, 2.05) is 30.8 Å². The van der Waals surface area contributed by atoms with Gasteiger partial charge in [0.1, 0.15) is 0 Å². The monoisotopic (exact) mass is 220 g/mol. The van der Waals surface area contributed by atoms with Crippen molar-refractivity contribution in [1.29, 1.82) is 0 Å². The van der Waals surface area contributed by atoms with Crippen LogP contribution in [0.1, 0.15) is 23.0 Å². The number of nitrogens with one attached hydrogen (secondary N) is 1. The van der Waals surface area contributed by atoms with Gasteiger partial charge in [-0.2, -0.15) is 5.10 Å². The van der Waals surface area contributed by atoms with Gasteiger partial charge in [0.2, 0.25) is 0 Å². The Morgan fingerprint density at radius 1 is 1.62 bits per heavy atom. The highest BCUT2D eigenvalue weighted by Crippen LogP contribution is 2.18. The molecule has 0 saturated carbocycles. The maximum Gasteiger partial charge on any atom is 0.0935 e. The molecule has 0 aliphatic rings. The van der Waals surface area contributed by atoms with Gasteiger partial charge >= 0.3 is 0 Å². The largest absolute Gasteiger partial charge is 0.472 e. The molecule has 86 valence electrons. The Balaban J connectivity index is 2.19. The Labute approximate surface area is 94.2 Å². The molecule has 1 atom stereocenters. The van der Waals surface area contributed by atoms with E-state index in [2.05, 4.69) is 10.5 Å². The van der Waals surface area contributed by atoms with Crippen molar-refractivity contribution in [1.82, 2.24) is 15.2 Å². The third-order valence-corrected chi connectivity index (χ3v) is 2.62. The van der Waals surface area contributed by atoms with Gasteiger partial charge in [-0.1, -0.05) is 0 Å². The number of nitrogens with zero attached hydrogens (tertiary/aromatic N) is 2. The van der Waals surface area contributed by atoms with E-state index in [0.717, 1.165) is 23.4 Å². The zero-order valence-electron chi connectivity index (χ0n) is 9.47. The van der Waals surface area contributed by atoms with E-state index in [1.54, 1.807) is 12.5 Å². The lowest BCUT2D eigenvalue weighted by Crippen LogP contribution is -2.31. The van der Waals surface area contributed by atoms with E-state index in [-0.39, 0.29) is 6.04 Å². The molecule has 0 amide bonds. The summed E-state index contributed by atoms with van der Waals surface area (Å²) in [6, 6.07) is 4.02. The fourth-order valence-electron chi connectivity index (χ4n) is 1.85. The van der Waals surface area contributed by atoms with Crippen molar-refractivity contribution >= 4 is 0 Å². The van der Waals surface area contributed by atoms with Crippen molar-refractivity contribution in [2.45, 2.75) is 19.4 Å². The average Bonchev–Trinajstić information content (AvgIpc) is 2.85. The third-order valence-electron chi connectivity index (χ3n) is 2.62. The van der Waals surface area contributed by atoms with E-state index in [9.17, 15) is 0 Å². The standard InChI is InChI=1S/C11H16N4O/c1-8-5-11(15(2)14-8)10(13-12)6-9-3-4-16-7-9/h3-5,7,10,13H,6,12H2,1-2H3. The van der Waals surface area contributed by atoms with Crippen molar-refractivity contribution in [3.63, 3.8) is 0 Å². The van der Waals surface area contributed by atoms with Gasteiger partial charge in [0.25, 0.3) is 0 Å². The first kappa shape index (κ1) is 10.9. The van der Waals surface area contributed by atoms with Crippen molar-refractivity contribution in [3.8, 4) is 0 Å². The van der Waals surface area contributed by atoms with E-state index >= 15 is 0 Å². The molecule has 0 aliphatic carbocycles. The number of hydrazine groups is 1. The Morgan fingerprint density at radius 2 is 2.44 bits per heavy atom. The number of rotatable bonds is 4. The average molecular weight is 220 g/mol. The summed E-state index contributed by atoms with van der Waals surface area (Å²) in [5.41, 5.74) is 5.98. The van der Waals surface area contributed by atoms with Crippen LogP contribution in [0.15, 0.2) is 29.1 Å². The Morgan fingerprint density at radius 3 is 2.94 bits per heavy atom. The van der Waals surface area contributed by atoms with E-state index in [0.29, 0.717) is 0 Å². The van der Waals surface area contributed by atoms with Crippen molar-refractivity contribution in [2.24, 2.45) is 12.9 Å². The summed E-state index contributed by atoms with van der Waals surface area (Å²) >= 11 is 0.